The molecule has 11 heteroatoms. The van der Waals surface area contributed by atoms with Crippen LogP contribution in [0.5, 0.6) is 0 Å². The van der Waals surface area contributed by atoms with E-state index in [0.29, 0.717) is 5.56 Å². The molecule has 8 N–H and O–H groups in total. The van der Waals surface area contributed by atoms with Crippen molar-refractivity contribution < 1.29 is 29.1 Å². The fourth-order valence-electron chi connectivity index (χ4n) is 3.38. The van der Waals surface area contributed by atoms with Crippen molar-refractivity contribution in [1.82, 2.24) is 16.0 Å². The van der Waals surface area contributed by atoms with Gasteiger partial charge in [-0.3, -0.25) is 19.2 Å². The summed E-state index contributed by atoms with van der Waals surface area (Å²) in [5.41, 5.74) is 12.6. The zero-order valence-electron chi connectivity index (χ0n) is 19.7. The second-order valence-corrected chi connectivity index (χ2v) is 8.23. The Balaban J connectivity index is 1.95. The molecule has 4 amide bonds. The fraction of sp³-hybridized carbons (Fsp3) is 0.320. The molecule has 192 valence electrons. The van der Waals surface area contributed by atoms with E-state index < -0.39 is 54.3 Å². The van der Waals surface area contributed by atoms with Crippen LogP contribution in [0, 0.1) is 0 Å². The summed E-state index contributed by atoms with van der Waals surface area (Å²) in [6.07, 6.45) is -0.0706. The third kappa shape index (κ3) is 9.94. The maximum atomic E-state index is 12.8. The quantitative estimate of drug-likeness (QED) is 0.197. The number of rotatable bonds is 14. The highest BCUT2D eigenvalue weighted by atomic mass is 16.4. The number of amides is 4. The Morgan fingerprint density at radius 2 is 1.33 bits per heavy atom. The summed E-state index contributed by atoms with van der Waals surface area (Å²) < 4.78 is 0. The Bertz CT molecular complexity index is 1050. The normalized spacial score (nSPS) is 13.0. The van der Waals surface area contributed by atoms with Gasteiger partial charge in [-0.1, -0.05) is 60.7 Å². The Labute approximate surface area is 208 Å². The van der Waals surface area contributed by atoms with E-state index in [-0.39, 0.29) is 25.7 Å². The molecule has 0 spiro atoms. The smallest absolute Gasteiger partial charge is 0.326 e. The average Bonchev–Trinajstić information content (AvgIpc) is 2.85. The van der Waals surface area contributed by atoms with Gasteiger partial charge in [-0.25, -0.2) is 4.79 Å². The molecule has 0 saturated carbocycles. The van der Waals surface area contributed by atoms with E-state index in [4.69, 9.17) is 11.5 Å². The maximum absolute atomic E-state index is 12.8. The van der Waals surface area contributed by atoms with Gasteiger partial charge in [0.1, 0.15) is 12.1 Å². The van der Waals surface area contributed by atoms with Crippen molar-refractivity contribution in [2.24, 2.45) is 11.5 Å². The lowest BCUT2D eigenvalue weighted by Crippen LogP contribution is -2.54. The number of benzene rings is 2. The molecule has 0 fully saturated rings. The number of hydrogen-bond acceptors (Lipinski definition) is 6. The van der Waals surface area contributed by atoms with Gasteiger partial charge in [0.05, 0.1) is 12.6 Å². The summed E-state index contributed by atoms with van der Waals surface area (Å²) in [6, 6.07) is 14.4. The Morgan fingerprint density at radius 3 is 1.86 bits per heavy atom. The van der Waals surface area contributed by atoms with Crippen molar-refractivity contribution in [3.63, 3.8) is 0 Å². The first-order valence-electron chi connectivity index (χ1n) is 11.4. The van der Waals surface area contributed by atoms with E-state index in [9.17, 15) is 29.1 Å². The number of carbonyl (C=O) groups is 5. The van der Waals surface area contributed by atoms with Gasteiger partial charge in [-0.2, -0.15) is 0 Å². The molecule has 0 aliphatic rings. The number of hydrogen-bond donors (Lipinski definition) is 6. The van der Waals surface area contributed by atoms with E-state index in [2.05, 4.69) is 16.0 Å². The van der Waals surface area contributed by atoms with Crippen molar-refractivity contribution in [1.29, 1.82) is 0 Å². The number of nitrogens with two attached hydrogens (primary N) is 2. The SMILES string of the molecule is NC(=O)CCC(NC(=O)CNC(=O)C(N)Cc1ccccc1)C(=O)NC(Cc1ccccc1)C(=O)O. The zero-order valence-corrected chi connectivity index (χ0v) is 19.7. The van der Waals surface area contributed by atoms with Crippen molar-refractivity contribution in [3.05, 3.63) is 71.8 Å². The second-order valence-electron chi connectivity index (χ2n) is 8.23. The van der Waals surface area contributed by atoms with Crippen molar-refractivity contribution in [2.75, 3.05) is 6.54 Å². The predicted molar refractivity (Wildman–Crippen MR) is 131 cm³/mol. The molecule has 0 bridgehead atoms. The van der Waals surface area contributed by atoms with Crippen LogP contribution in [0.2, 0.25) is 0 Å². The van der Waals surface area contributed by atoms with E-state index in [0.717, 1.165) is 5.56 Å². The molecule has 0 heterocycles. The van der Waals surface area contributed by atoms with E-state index in [1.807, 2.05) is 30.3 Å². The minimum absolute atomic E-state index is 0.0216. The van der Waals surface area contributed by atoms with Crippen LogP contribution in [0.25, 0.3) is 0 Å². The Kier molecular flexibility index (Phi) is 11.1. The molecule has 2 rings (SSSR count). The molecule has 0 radical (unpaired) electrons. The van der Waals surface area contributed by atoms with Crippen LogP contribution < -0.4 is 27.4 Å². The molecule has 36 heavy (non-hydrogen) atoms. The highest BCUT2D eigenvalue weighted by molar-refractivity contribution is 5.93. The van der Waals surface area contributed by atoms with E-state index in [1.165, 1.54) is 0 Å². The maximum Gasteiger partial charge on any atom is 0.326 e. The lowest BCUT2D eigenvalue weighted by Gasteiger charge is -2.21. The van der Waals surface area contributed by atoms with E-state index in [1.54, 1.807) is 30.3 Å². The third-order valence-electron chi connectivity index (χ3n) is 5.29. The summed E-state index contributed by atoms with van der Waals surface area (Å²) >= 11 is 0. The molecular weight excluding hydrogens is 466 g/mol. The van der Waals surface area contributed by atoms with Gasteiger partial charge in [-0.15, -0.1) is 0 Å². The summed E-state index contributed by atoms with van der Waals surface area (Å²) in [5.74, 6) is -4.01. The lowest BCUT2D eigenvalue weighted by atomic mass is 10.0. The summed E-state index contributed by atoms with van der Waals surface area (Å²) in [4.78, 5) is 60.4. The number of carboxylic acids is 1. The largest absolute Gasteiger partial charge is 0.480 e. The van der Waals surface area contributed by atoms with E-state index >= 15 is 0 Å². The van der Waals surface area contributed by atoms with Crippen LogP contribution in [0.15, 0.2) is 60.7 Å². The van der Waals surface area contributed by atoms with Crippen molar-refractivity contribution in [2.45, 2.75) is 43.8 Å². The Morgan fingerprint density at radius 1 is 0.778 bits per heavy atom. The van der Waals surface area contributed by atoms with Gasteiger partial charge in [0.15, 0.2) is 0 Å². The number of carboxylic acid groups (broad SMARTS) is 1. The molecular formula is C25H31N5O6. The minimum atomic E-state index is -1.26. The summed E-state index contributed by atoms with van der Waals surface area (Å²) in [7, 11) is 0. The highest BCUT2D eigenvalue weighted by Crippen LogP contribution is 2.06. The molecule has 3 unspecified atom stereocenters. The minimum Gasteiger partial charge on any atom is -0.480 e. The van der Waals surface area contributed by atoms with Gasteiger partial charge in [-0.05, 0) is 24.0 Å². The van der Waals surface area contributed by atoms with Crippen LogP contribution in [0.1, 0.15) is 24.0 Å². The number of carbonyl (C=O) groups excluding carboxylic acids is 4. The van der Waals surface area contributed by atoms with Crippen molar-refractivity contribution >= 4 is 29.6 Å². The van der Waals surface area contributed by atoms with Gasteiger partial charge < -0.3 is 32.5 Å². The van der Waals surface area contributed by atoms with Crippen LogP contribution in [-0.4, -0.2) is 59.4 Å². The molecule has 0 aromatic heterocycles. The number of primary amides is 1. The molecule has 0 saturated heterocycles. The standard InChI is InChI=1S/C25H31N5O6/c26-18(13-16-7-3-1-4-8-16)23(33)28-15-22(32)29-19(11-12-21(27)31)24(34)30-20(25(35)36)14-17-9-5-2-6-10-17/h1-10,18-20H,11-15,26H2,(H2,27,31)(H,28,33)(H,29,32)(H,30,34)(H,35,36). The summed E-state index contributed by atoms with van der Waals surface area (Å²) in [6.45, 7) is -0.464. The van der Waals surface area contributed by atoms with Crippen LogP contribution in [0.3, 0.4) is 0 Å². The van der Waals surface area contributed by atoms with Gasteiger partial charge in [0.2, 0.25) is 23.6 Å². The molecule has 0 aliphatic heterocycles. The van der Waals surface area contributed by atoms with Crippen molar-refractivity contribution in [3.8, 4) is 0 Å². The van der Waals surface area contributed by atoms with Gasteiger partial charge in [0.25, 0.3) is 0 Å². The van der Waals surface area contributed by atoms with Gasteiger partial charge in [0, 0.05) is 12.8 Å². The predicted octanol–water partition coefficient (Wildman–Crippen LogP) is -0.765. The van der Waals surface area contributed by atoms with Crippen LogP contribution in [0.4, 0.5) is 0 Å². The molecule has 2 aromatic rings. The first-order chi connectivity index (χ1) is 17.2. The number of nitrogens with one attached hydrogen (secondary N) is 3. The number of aliphatic carboxylic acids is 1. The Hall–Kier alpha value is -4.25. The monoisotopic (exact) mass is 497 g/mol. The lowest BCUT2D eigenvalue weighted by molar-refractivity contribution is -0.142. The van der Waals surface area contributed by atoms with Crippen LogP contribution in [-0.2, 0) is 36.8 Å². The van der Waals surface area contributed by atoms with Crippen LogP contribution >= 0.6 is 0 Å². The first-order valence-corrected chi connectivity index (χ1v) is 11.4. The summed E-state index contributed by atoms with van der Waals surface area (Å²) in [5, 5.41) is 16.8. The average molecular weight is 498 g/mol. The molecule has 2 aromatic carbocycles. The van der Waals surface area contributed by atoms with Gasteiger partial charge >= 0.3 is 5.97 Å². The fourth-order valence-corrected chi connectivity index (χ4v) is 3.38. The highest BCUT2D eigenvalue weighted by Gasteiger charge is 2.27. The third-order valence-corrected chi connectivity index (χ3v) is 5.29. The second kappa shape index (κ2) is 14.2. The first kappa shape index (κ1) is 28.0. The zero-order chi connectivity index (χ0) is 26.5. The molecule has 11 nitrogen and oxygen atoms in total. The topological polar surface area (TPSA) is 194 Å². The molecule has 0 aliphatic carbocycles. The molecule has 3 atom stereocenters.